The van der Waals surface area contributed by atoms with Crippen LogP contribution < -0.4 is 5.32 Å². The summed E-state index contributed by atoms with van der Waals surface area (Å²) in [4.78, 5) is 14.6. The molecule has 3 nitrogen and oxygen atoms in total. The van der Waals surface area contributed by atoms with Crippen molar-refractivity contribution in [1.29, 1.82) is 0 Å². The first-order valence-electron chi connectivity index (χ1n) is 5.16. The molecule has 16 heavy (non-hydrogen) atoms. The Labute approximate surface area is 92.7 Å². The second-order valence-electron chi connectivity index (χ2n) is 4.01. The van der Waals surface area contributed by atoms with Gasteiger partial charge in [-0.25, -0.2) is 4.39 Å². The number of carbonyl (C=O) groups excluding carboxylic acids is 1. The lowest BCUT2D eigenvalue weighted by Gasteiger charge is -2.05. The first kappa shape index (κ1) is 10.7. The molecular formula is C12H13FN2O. The fraction of sp³-hybridized carbons (Fsp3) is 0.250. The molecule has 0 atom stereocenters. The van der Waals surface area contributed by atoms with Gasteiger partial charge in [0.25, 0.3) is 5.91 Å². The SMILES string of the molecule is CC(C)NC(=O)c1cc2c(F)cccc2[nH]1. The fourth-order valence-electron chi connectivity index (χ4n) is 1.58. The average molecular weight is 220 g/mol. The maximum absolute atomic E-state index is 13.4. The van der Waals surface area contributed by atoms with E-state index in [-0.39, 0.29) is 17.8 Å². The summed E-state index contributed by atoms with van der Waals surface area (Å²) in [5.41, 5.74) is 1.02. The van der Waals surface area contributed by atoms with E-state index in [0.29, 0.717) is 16.6 Å². The van der Waals surface area contributed by atoms with Crippen molar-refractivity contribution in [3.05, 3.63) is 35.8 Å². The minimum absolute atomic E-state index is 0.0590. The smallest absolute Gasteiger partial charge is 0.267 e. The van der Waals surface area contributed by atoms with Crippen LogP contribution in [-0.2, 0) is 0 Å². The lowest BCUT2D eigenvalue weighted by molar-refractivity contribution is 0.0939. The highest BCUT2D eigenvalue weighted by Gasteiger charge is 2.11. The van der Waals surface area contributed by atoms with E-state index in [4.69, 9.17) is 0 Å². The van der Waals surface area contributed by atoms with E-state index in [0.717, 1.165) is 0 Å². The Hall–Kier alpha value is -1.84. The van der Waals surface area contributed by atoms with Crippen molar-refractivity contribution in [1.82, 2.24) is 10.3 Å². The molecule has 0 saturated carbocycles. The van der Waals surface area contributed by atoms with Crippen LogP contribution in [0.3, 0.4) is 0 Å². The molecule has 2 aromatic rings. The topological polar surface area (TPSA) is 44.9 Å². The second-order valence-corrected chi connectivity index (χ2v) is 4.01. The minimum atomic E-state index is -0.322. The Kier molecular flexibility index (Phi) is 2.64. The molecule has 0 aliphatic carbocycles. The van der Waals surface area contributed by atoms with E-state index in [1.54, 1.807) is 12.1 Å². The number of nitrogens with one attached hydrogen (secondary N) is 2. The first-order valence-corrected chi connectivity index (χ1v) is 5.16. The van der Waals surface area contributed by atoms with E-state index >= 15 is 0 Å². The molecule has 0 fully saturated rings. The van der Waals surface area contributed by atoms with Crippen molar-refractivity contribution >= 4 is 16.8 Å². The molecule has 0 unspecified atom stereocenters. The number of rotatable bonds is 2. The van der Waals surface area contributed by atoms with E-state index in [9.17, 15) is 9.18 Å². The minimum Gasteiger partial charge on any atom is -0.350 e. The highest BCUT2D eigenvalue weighted by molar-refractivity contribution is 5.98. The van der Waals surface area contributed by atoms with Crippen molar-refractivity contribution in [2.45, 2.75) is 19.9 Å². The lowest BCUT2D eigenvalue weighted by Crippen LogP contribution is -2.30. The van der Waals surface area contributed by atoms with E-state index in [1.165, 1.54) is 12.1 Å². The fourth-order valence-corrected chi connectivity index (χ4v) is 1.58. The third kappa shape index (κ3) is 1.91. The lowest BCUT2D eigenvalue weighted by atomic mass is 10.2. The van der Waals surface area contributed by atoms with Gasteiger partial charge in [0, 0.05) is 16.9 Å². The maximum atomic E-state index is 13.4. The highest BCUT2D eigenvalue weighted by Crippen LogP contribution is 2.18. The summed E-state index contributed by atoms with van der Waals surface area (Å²) < 4.78 is 13.4. The van der Waals surface area contributed by atoms with Gasteiger partial charge in [-0.1, -0.05) is 6.07 Å². The van der Waals surface area contributed by atoms with Gasteiger partial charge < -0.3 is 10.3 Å². The third-order valence-corrected chi connectivity index (χ3v) is 2.28. The Morgan fingerprint density at radius 3 is 2.81 bits per heavy atom. The predicted molar refractivity (Wildman–Crippen MR) is 60.9 cm³/mol. The van der Waals surface area contributed by atoms with Crippen molar-refractivity contribution in [2.75, 3.05) is 0 Å². The number of hydrogen-bond acceptors (Lipinski definition) is 1. The van der Waals surface area contributed by atoms with Crippen molar-refractivity contribution in [2.24, 2.45) is 0 Å². The molecule has 1 aromatic carbocycles. The number of amides is 1. The van der Waals surface area contributed by atoms with Crippen molar-refractivity contribution in [3.8, 4) is 0 Å². The summed E-state index contributed by atoms with van der Waals surface area (Å²) in [7, 11) is 0. The molecule has 0 aliphatic heterocycles. The first-order chi connectivity index (χ1) is 7.58. The van der Waals surface area contributed by atoms with Gasteiger partial charge in [0.15, 0.2) is 0 Å². The number of halogens is 1. The van der Waals surface area contributed by atoms with Crippen LogP contribution in [0, 0.1) is 5.82 Å². The van der Waals surface area contributed by atoms with Gasteiger partial charge in [-0.2, -0.15) is 0 Å². The van der Waals surface area contributed by atoms with Gasteiger partial charge in [-0.15, -0.1) is 0 Å². The monoisotopic (exact) mass is 220 g/mol. The Balaban J connectivity index is 2.40. The Morgan fingerprint density at radius 1 is 1.44 bits per heavy atom. The molecule has 0 radical (unpaired) electrons. The normalized spacial score (nSPS) is 11.0. The summed E-state index contributed by atoms with van der Waals surface area (Å²) in [6.45, 7) is 3.75. The van der Waals surface area contributed by atoms with Gasteiger partial charge >= 0.3 is 0 Å². The largest absolute Gasteiger partial charge is 0.350 e. The van der Waals surface area contributed by atoms with E-state index in [2.05, 4.69) is 10.3 Å². The van der Waals surface area contributed by atoms with Crippen molar-refractivity contribution in [3.63, 3.8) is 0 Å². The van der Waals surface area contributed by atoms with E-state index in [1.807, 2.05) is 13.8 Å². The van der Waals surface area contributed by atoms with Crippen LogP contribution in [0.25, 0.3) is 10.9 Å². The third-order valence-electron chi connectivity index (χ3n) is 2.28. The van der Waals surface area contributed by atoms with E-state index < -0.39 is 0 Å². The van der Waals surface area contributed by atoms with Crippen LogP contribution in [-0.4, -0.2) is 16.9 Å². The van der Waals surface area contributed by atoms with Crippen LogP contribution in [0.15, 0.2) is 24.3 Å². The number of H-pyrrole nitrogens is 1. The van der Waals surface area contributed by atoms with Crippen LogP contribution in [0.1, 0.15) is 24.3 Å². The standard InChI is InChI=1S/C12H13FN2O/c1-7(2)14-12(16)11-6-8-9(13)4-3-5-10(8)15-11/h3-7,15H,1-2H3,(H,14,16). The van der Waals surface area contributed by atoms with Crippen LogP contribution >= 0.6 is 0 Å². The molecular weight excluding hydrogens is 207 g/mol. The summed E-state index contributed by atoms with van der Waals surface area (Å²) in [5, 5.41) is 3.19. The van der Waals surface area contributed by atoms with Gasteiger partial charge in [0.1, 0.15) is 11.5 Å². The molecule has 2 N–H and O–H groups in total. The van der Waals surface area contributed by atoms with Crippen LogP contribution in [0.4, 0.5) is 4.39 Å². The quantitative estimate of drug-likeness (QED) is 0.802. The number of aromatic amines is 1. The number of aromatic nitrogens is 1. The zero-order valence-corrected chi connectivity index (χ0v) is 9.17. The molecule has 2 rings (SSSR count). The van der Waals surface area contributed by atoms with Crippen molar-refractivity contribution < 1.29 is 9.18 Å². The van der Waals surface area contributed by atoms with Gasteiger partial charge in [-0.05, 0) is 32.0 Å². The van der Waals surface area contributed by atoms with Crippen LogP contribution in [0.2, 0.25) is 0 Å². The molecule has 0 bridgehead atoms. The molecule has 4 heteroatoms. The van der Waals surface area contributed by atoms with Crippen LogP contribution in [0.5, 0.6) is 0 Å². The number of benzene rings is 1. The summed E-state index contributed by atoms with van der Waals surface area (Å²) in [5.74, 6) is -0.539. The molecule has 1 amide bonds. The van der Waals surface area contributed by atoms with Gasteiger partial charge in [0.05, 0.1) is 0 Å². The maximum Gasteiger partial charge on any atom is 0.267 e. The second kappa shape index (κ2) is 3.96. The zero-order valence-electron chi connectivity index (χ0n) is 9.17. The van der Waals surface area contributed by atoms with Gasteiger partial charge in [0.2, 0.25) is 0 Å². The Morgan fingerprint density at radius 2 is 2.19 bits per heavy atom. The predicted octanol–water partition coefficient (Wildman–Crippen LogP) is 2.45. The molecule has 1 heterocycles. The molecule has 0 spiro atoms. The van der Waals surface area contributed by atoms with Gasteiger partial charge in [-0.3, -0.25) is 4.79 Å². The molecule has 0 saturated heterocycles. The summed E-state index contributed by atoms with van der Waals surface area (Å²) >= 11 is 0. The highest BCUT2D eigenvalue weighted by atomic mass is 19.1. The molecule has 84 valence electrons. The Bertz CT molecular complexity index is 531. The number of carbonyl (C=O) groups is 1. The molecule has 0 aliphatic rings. The number of fused-ring (bicyclic) bond motifs is 1. The average Bonchev–Trinajstić information content (AvgIpc) is 2.61. The molecule has 1 aromatic heterocycles. The summed E-state index contributed by atoms with van der Waals surface area (Å²) in [6.07, 6.45) is 0. The number of hydrogen-bond donors (Lipinski definition) is 2. The summed E-state index contributed by atoms with van der Waals surface area (Å²) in [6, 6.07) is 6.31. The zero-order chi connectivity index (χ0) is 11.7.